The van der Waals surface area contributed by atoms with Gasteiger partial charge in [0, 0.05) is 18.6 Å². The third-order valence-electron chi connectivity index (χ3n) is 2.37. The largest absolute Gasteiger partial charge is 0.386 e. The summed E-state index contributed by atoms with van der Waals surface area (Å²) in [6.45, 7) is 0. The van der Waals surface area contributed by atoms with Crippen LogP contribution in [0.4, 0.5) is 18.9 Å². The molecule has 86 valence electrons. The molecule has 1 aromatic heterocycles. The van der Waals surface area contributed by atoms with E-state index >= 15 is 0 Å². The Labute approximate surface area is 94.5 Å². The SMILES string of the molecule is CNc1c(C#N)cnc2c(F)c(F)c(F)cc12. The summed E-state index contributed by atoms with van der Waals surface area (Å²) in [4.78, 5) is 3.62. The zero-order chi connectivity index (χ0) is 12.6. The molecule has 1 N–H and O–H groups in total. The van der Waals surface area contributed by atoms with Crippen LogP contribution in [0.5, 0.6) is 0 Å². The third-order valence-corrected chi connectivity index (χ3v) is 2.37. The summed E-state index contributed by atoms with van der Waals surface area (Å²) in [5.41, 5.74) is 0.0351. The number of hydrogen-bond donors (Lipinski definition) is 1. The summed E-state index contributed by atoms with van der Waals surface area (Å²) < 4.78 is 39.5. The zero-order valence-electron chi connectivity index (χ0n) is 8.68. The Hall–Kier alpha value is -2.29. The van der Waals surface area contributed by atoms with E-state index in [4.69, 9.17) is 5.26 Å². The Morgan fingerprint density at radius 1 is 1.29 bits per heavy atom. The quantitative estimate of drug-likeness (QED) is 0.775. The van der Waals surface area contributed by atoms with Crippen LogP contribution in [-0.4, -0.2) is 12.0 Å². The van der Waals surface area contributed by atoms with Crippen LogP contribution in [-0.2, 0) is 0 Å². The van der Waals surface area contributed by atoms with Gasteiger partial charge in [-0.05, 0) is 6.07 Å². The predicted molar refractivity (Wildman–Crippen MR) is 55.9 cm³/mol. The van der Waals surface area contributed by atoms with Gasteiger partial charge >= 0.3 is 0 Å². The minimum absolute atomic E-state index is 0.0305. The molecule has 2 rings (SSSR count). The summed E-state index contributed by atoms with van der Waals surface area (Å²) >= 11 is 0. The lowest BCUT2D eigenvalue weighted by Gasteiger charge is -2.08. The second-order valence-electron chi connectivity index (χ2n) is 3.29. The first kappa shape index (κ1) is 11.2. The highest BCUT2D eigenvalue weighted by Gasteiger charge is 2.18. The van der Waals surface area contributed by atoms with Crippen molar-refractivity contribution in [2.24, 2.45) is 0 Å². The van der Waals surface area contributed by atoms with Gasteiger partial charge in [-0.2, -0.15) is 5.26 Å². The molecule has 0 atom stereocenters. The molecule has 0 radical (unpaired) electrons. The van der Waals surface area contributed by atoms with Gasteiger partial charge in [-0.1, -0.05) is 0 Å². The summed E-state index contributed by atoms with van der Waals surface area (Å²) in [7, 11) is 1.49. The molecule has 0 unspecified atom stereocenters. The van der Waals surface area contributed by atoms with Crippen LogP contribution in [0, 0.1) is 28.8 Å². The molecule has 0 saturated heterocycles. The second-order valence-corrected chi connectivity index (χ2v) is 3.29. The van der Waals surface area contributed by atoms with Crippen molar-refractivity contribution in [3.8, 4) is 6.07 Å². The molecule has 0 aliphatic rings. The number of aromatic nitrogens is 1. The first-order valence-corrected chi connectivity index (χ1v) is 4.64. The summed E-state index contributed by atoms with van der Waals surface area (Å²) in [5, 5.41) is 11.5. The van der Waals surface area contributed by atoms with Crippen molar-refractivity contribution in [1.82, 2.24) is 4.98 Å². The lowest BCUT2D eigenvalue weighted by Crippen LogP contribution is -2.00. The highest BCUT2D eigenvalue weighted by Crippen LogP contribution is 2.29. The van der Waals surface area contributed by atoms with Gasteiger partial charge < -0.3 is 5.32 Å². The van der Waals surface area contributed by atoms with Gasteiger partial charge in [0.2, 0.25) is 0 Å². The number of pyridine rings is 1. The van der Waals surface area contributed by atoms with Crippen molar-refractivity contribution in [2.45, 2.75) is 0 Å². The lowest BCUT2D eigenvalue weighted by molar-refractivity contribution is 0.452. The molecule has 0 aliphatic heterocycles. The highest BCUT2D eigenvalue weighted by molar-refractivity contribution is 5.94. The van der Waals surface area contributed by atoms with E-state index in [2.05, 4.69) is 10.3 Å². The van der Waals surface area contributed by atoms with E-state index in [0.29, 0.717) is 0 Å². The normalized spacial score (nSPS) is 10.3. The van der Waals surface area contributed by atoms with Gasteiger partial charge in [0.25, 0.3) is 0 Å². The molecule has 17 heavy (non-hydrogen) atoms. The minimum Gasteiger partial charge on any atom is -0.386 e. The number of halogens is 3. The molecular formula is C11H6F3N3. The van der Waals surface area contributed by atoms with E-state index in [-0.39, 0.29) is 22.2 Å². The van der Waals surface area contributed by atoms with E-state index < -0.39 is 17.5 Å². The second kappa shape index (κ2) is 3.94. The van der Waals surface area contributed by atoms with Crippen molar-refractivity contribution in [2.75, 3.05) is 12.4 Å². The molecule has 0 saturated carbocycles. The highest BCUT2D eigenvalue weighted by atomic mass is 19.2. The maximum atomic E-state index is 13.4. The smallest absolute Gasteiger partial charge is 0.196 e. The van der Waals surface area contributed by atoms with Gasteiger partial charge in [-0.15, -0.1) is 0 Å². The number of rotatable bonds is 1. The van der Waals surface area contributed by atoms with Gasteiger partial charge in [-0.3, -0.25) is 4.98 Å². The number of fused-ring (bicyclic) bond motifs is 1. The molecule has 6 heteroatoms. The van der Waals surface area contributed by atoms with Crippen molar-refractivity contribution >= 4 is 16.6 Å². The predicted octanol–water partition coefficient (Wildman–Crippen LogP) is 2.57. The molecule has 0 aliphatic carbocycles. The first-order chi connectivity index (χ1) is 8.10. The number of nitrogens with one attached hydrogen (secondary N) is 1. The van der Waals surface area contributed by atoms with Crippen LogP contribution >= 0.6 is 0 Å². The van der Waals surface area contributed by atoms with Crippen LogP contribution < -0.4 is 5.32 Å². The fourth-order valence-corrected chi connectivity index (χ4v) is 1.60. The van der Waals surface area contributed by atoms with Crippen LogP contribution in [0.15, 0.2) is 12.3 Å². The number of nitrogens with zero attached hydrogens (tertiary/aromatic N) is 2. The minimum atomic E-state index is -1.57. The Bertz CT molecular complexity index is 647. The molecule has 0 bridgehead atoms. The summed E-state index contributed by atoms with van der Waals surface area (Å²) in [6.07, 6.45) is 1.11. The van der Waals surface area contributed by atoms with Gasteiger partial charge in [-0.25, -0.2) is 13.2 Å². The average molecular weight is 237 g/mol. The third kappa shape index (κ3) is 1.56. The summed E-state index contributed by atoms with van der Waals surface area (Å²) in [5.74, 6) is -4.25. The van der Waals surface area contributed by atoms with Crippen LogP contribution in [0.25, 0.3) is 10.9 Å². The number of benzene rings is 1. The fourth-order valence-electron chi connectivity index (χ4n) is 1.60. The van der Waals surface area contributed by atoms with Crippen molar-refractivity contribution in [3.05, 3.63) is 35.3 Å². The number of nitriles is 1. The Kier molecular flexibility index (Phi) is 2.60. The molecule has 3 nitrogen and oxygen atoms in total. The Morgan fingerprint density at radius 3 is 2.59 bits per heavy atom. The van der Waals surface area contributed by atoms with Gasteiger partial charge in [0.15, 0.2) is 17.5 Å². The van der Waals surface area contributed by atoms with E-state index in [1.165, 1.54) is 7.05 Å². The van der Waals surface area contributed by atoms with Crippen molar-refractivity contribution in [3.63, 3.8) is 0 Å². The first-order valence-electron chi connectivity index (χ1n) is 4.64. The Morgan fingerprint density at radius 2 is 2.00 bits per heavy atom. The summed E-state index contributed by atoms with van der Waals surface area (Å²) in [6, 6.07) is 2.64. The van der Waals surface area contributed by atoms with E-state index in [1.54, 1.807) is 0 Å². The number of hydrogen-bond acceptors (Lipinski definition) is 3. The maximum absolute atomic E-state index is 13.4. The Balaban J connectivity index is 2.97. The molecule has 0 fully saturated rings. The molecule has 0 amide bonds. The van der Waals surface area contributed by atoms with Crippen molar-refractivity contribution < 1.29 is 13.2 Å². The molecular weight excluding hydrogens is 231 g/mol. The monoisotopic (exact) mass is 237 g/mol. The topological polar surface area (TPSA) is 48.7 Å². The van der Waals surface area contributed by atoms with Gasteiger partial charge in [0.1, 0.15) is 11.6 Å². The number of anilines is 1. The van der Waals surface area contributed by atoms with E-state index in [1.807, 2.05) is 6.07 Å². The average Bonchev–Trinajstić information content (AvgIpc) is 2.34. The molecule has 2 aromatic rings. The van der Waals surface area contributed by atoms with Crippen LogP contribution in [0.3, 0.4) is 0 Å². The van der Waals surface area contributed by atoms with E-state index in [0.717, 1.165) is 12.3 Å². The molecule has 1 heterocycles. The molecule has 0 spiro atoms. The molecule has 1 aromatic carbocycles. The standard InChI is InChI=1S/C11H6F3N3/c1-16-10-5(3-15)4-17-11-6(10)2-7(12)8(13)9(11)14/h2,4H,1H3,(H,16,17). The lowest BCUT2D eigenvalue weighted by atomic mass is 10.1. The van der Waals surface area contributed by atoms with Crippen LogP contribution in [0.2, 0.25) is 0 Å². The van der Waals surface area contributed by atoms with Crippen molar-refractivity contribution in [1.29, 1.82) is 5.26 Å². The van der Waals surface area contributed by atoms with Crippen LogP contribution in [0.1, 0.15) is 5.56 Å². The fraction of sp³-hybridized carbons (Fsp3) is 0.0909. The van der Waals surface area contributed by atoms with Gasteiger partial charge in [0.05, 0.1) is 11.3 Å². The zero-order valence-corrected chi connectivity index (χ0v) is 8.68. The van der Waals surface area contributed by atoms with E-state index in [9.17, 15) is 13.2 Å². The maximum Gasteiger partial charge on any atom is 0.196 e.